The van der Waals surface area contributed by atoms with Crippen LogP contribution in [0.3, 0.4) is 0 Å². The summed E-state index contributed by atoms with van der Waals surface area (Å²) in [5.41, 5.74) is -0.146. The smallest absolute Gasteiger partial charge is 0.410 e. The van der Waals surface area contributed by atoms with Crippen molar-refractivity contribution in [2.45, 2.75) is 43.0 Å². The van der Waals surface area contributed by atoms with Crippen LogP contribution in [0.4, 0.5) is 4.79 Å². The van der Waals surface area contributed by atoms with Gasteiger partial charge in [-0.05, 0) is 27.2 Å². The van der Waals surface area contributed by atoms with Crippen molar-refractivity contribution < 1.29 is 9.53 Å². The molecular weight excluding hydrogens is 350 g/mol. The van der Waals surface area contributed by atoms with Crippen molar-refractivity contribution in [3.63, 3.8) is 0 Å². The molecule has 1 aliphatic heterocycles. The van der Waals surface area contributed by atoms with Crippen LogP contribution in [0.2, 0.25) is 0 Å². The number of piperidine rings is 1. The highest BCUT2D eigenvalue weighted by molar-refractivity contribution is 9.25. The monoisotopic (exact) mass is 367 g/mol. The van der Waals surface area contributed by atoms with Crippen LogP contribution in [0, 0.1) is 11.3 Å². The maximum atomic E-state index is 12.0. The predicted molar refractivity (Wildman–Crippen MR) is 74.6 cm³/mol. The number of ether oxygens (including phenoxy) is 1. The van der Waals surface area contributed by atoms with Gasteiger partial charge in [-0.2, -0.15) is 0 Å². The molecule has 2 fully saturated rings. The van der Waals surface area contributed by atoms with Gasteiger partial charge in [0.15, 0.2) is 0 Å². The summed E-state index contributed by atoms with van der Waals surface area (Å²) >= 11 is 7.42. The Balaban J connectivity index is 1.97. The molecule has 0 aromatic rings. The average Bonchev–Trinajstić information content (AvgIpc) is 2.58. The Kier molecular flexibility index (Phi) is 3.10. The normalized spacial score (nSPS) is 35.2. The van der Waals surface area contributed by atoms with Crippen molar-refractivity contribution in [1.82, 2.24) is 4.90 Å². The van der Waals surface area contributed by atoms with Gasteiger partial charge in [-0.1, -0.05) is 38.8 Å². The molecule has 1 amide bonds. The number of halogens is 2. The Bertz CT molecular complexity index is 351. The molecular formula is C12H19Br2NO2. The van der Waals surface area contributed by atoms with Crippen LogP contribution in [0.5, 0.6) is 0 Å². The molecule has 2 atom stereocenters. The van der Waals surface area contributed by atoms with Crippen molar-refractivity contribution in [2.24, 2.45) is 11.3 Å². The number of carbonyl (C=O) groups excluding carboxylic acids is 1. The van der Waals surface area contributed by atoms with Crippen LogP contribution in [0.15, 0.2) is 0 Å². The Morgan fingerprint density at radius 2 is 2.00 bits per heavy atom. The topological polar surface area (TPSA) is 29.5 Å². The maximum absolute atomic E-state index is 12.0. The van der Waals surface area contributed by atoms with E-state index in [1.165, 1.54) is 0 Å². The summed E-state index contributed by atoms with van der Waals surface area (Å²) in [5, 5.41) is 0. The quantitative estimate of drug-likeness (QED) is 0.609. The summed E-state index contributed by atoms with van der Waals surface area (Å²) in [5.74, 6) is 0.469. The fourth-order valence-electron chi connectivity index (χ4n) is 2.50. The third-order valence-corrected chi connectivity index (χ3v) is 6.76. The molecule has 0 radical (unpaired) electrons. The summed E-state index contributed by atoms with van der Waals surface area (Å²) in [7, 11) is 0. The number of fused-ring (bicyclic) bond motifs is 1. The fourth-order valence-corrected chi connectivity index (χ4v) is 4.52. The lowest BCUT2D eigenvalue weighted by Crippen LogP contribution is -2.42. The molecule has 5 heteroatoms. The molecule has 1 heterocycles. The molecule has 0 aromatic carbocycles. The first-order chi connectivity index (χ1) is 7.58. The lowest BCUT2D eigenvalue weighted by molar-refractivity contribution is 0.0184. The number of amides is 1. The van der Waals surface area contributed by atoms with E-state index in [2.05, 4.69) is 38.8 Å². The minimum absolute atomic E-state index is 0.00373. The fraction of sp³-hybridized carbons (Fsp3) is 0.917. The minimum Gasteiger partial charge on any atom is -0.444 e. The van der Waals surface area contributed by atoms with E-state index in [0.717, 1.165) is 19.5 Å². The molecule has 0 spiro atoms. The number of alkyl halides is 2. The molecule has 17 heavy (non-hydrogen) atoms. The van der Waals surface area contributed by atoms with Gasteiger partial charge >= 0.3 is 6.09 Å². The van der Waals surface area contributed by atoms with E-state index in [1.54, 1.807) is 0 Å². The second kappa shape index (κ2) is 3.86. The lowest BCUT2D eigenvalue weighted by Gasteiger charge is -2.31. The standard InChI is InChI=1S/C12H19Br2NO2/c1-10(2,3)17-9(16)15-6-5-11(4)8(7-15)12(11,13)14/h8H,5-7H2,1-4H3/t8-,11+/m1/s1. The van der Waals surface area contributed by atoms with Gasteiger partial charge in [0.25, 0.3) is 0 Å². The van der Waals surface area contributed by atoms with Crippen molar-refractivity contribution in [1.29, 1.82) is 0 Å². The first kappa shape index (κ1) is 13.7. The van der Waals surface area contributed by atoms with Crippen LogP contribution in [-0.2, 0) is 4.74 Å². The largest absolute Gasteiger partial charge is 0.444 e. The van der Waals surface area contributed by atoms with Crippen LogP contribution in [0.25, 0.3) is 0 Å². The highest BCUT2D eigenvalue weighted by Gasteiger charge is 2.73. The van der Waals surface area contributed by atoms with E-state index in [4.69, 9.17) is 4.74 Å². The third-order valence-electron chi connectivity index (χ3n) is 3.84. The molecule has 0 N–H and O–H groups in total. The summed E-state index contributed by atoms with van der Waals surface area (Å²) in [6.45, 7) is 9.50. The van der Waals surface area contributed by atoms with E-state index in [9.17, 15) is 4.79 Å². The summed E-state index contributed by atoms with van der Waals surface area (Å²) < 4.78 is 5.41. The minimum atomic E-state index is -0.415. The highest BCUT2D eigenvalue weighted by Crippen LogP contribution is 2.74. The van der Waals surface area contributed by atoms with Crippen LogP contribution >= 0.6 is 31.9 Å². The molecule has 98 valence electrons. The molecule has 0 aromatic heterocycles. The van der Waals surface area contributed by atoms with E-state index in [0.29, 0.717) is 5.92 Å². The van der Waals surface area contributed by atoms with Crippen molar-refractivity contribution in [2.75, 3.05) is 13.1 Å². The van der Waals surface area contributed by atoms with Gasteiger partial charge < -0.3 is 9.64 Å². The van der Waals surface area contributed by atoms with Crippen LogP contribution in [-0.4, -0.2) is 32.9 Å². The molecule has 2 rings (SSSR count). The van der Waals surface area contributed by atoms with Gasteiger partial charge in [0.2, 0.25) is 0 Å². The van der Waals surface area contributed by atoms with Gasteiger partial charge in [0, 0.05) is 24.4 Å². The number of carbonyl (C=O) groups is 1. The zero-order valence-electron chi connectivity index (χ0n) is 10.7. The van der Waals surface area contributed by atoms with Crippen molar-refractivity contribution in [3.8, 4) is 0 Å². The number of hydrogen-bond acceptors (Lipinski definition) is 2. The Hall–Kier alpha value is 0.230. The lowest BCUT2D eigenvalue weighted by atomic mass is 9.98. The van der Waals surface area contributed by atoms with E-state index >= 15 is 0 Å². The molecule has 2 aliphatic rings. The first-order valence-corrected chi connectivity index (χ1v) is 7.52. The van der Waals surface area contributed by atoms with E-state index in [-0.39, 0.29) is 14.7 Å². The second-order valence-electron chi connectivity index (χ2n) is 6.27. The number of nitrogens with zero attached hydrogens (tertiary/aromatic N) is 1. The van der Waals surface area contributed by atoms with Crippen LogP contribution < -0.4 is 0 Å². The van der Waals surface area contributed by atoms with Crippen molar-refractivity contribution in [3.05, 3.63) is 0 Å². The highest BCUT2D eigenvalue weighted by atomic mass is 79.9. The molecule has 3 nitrogen and oxygen atoms in total. The van der Waals surface area contributed by atoms with E-state index in [1.807, 2.05) is 25.7 Å². The predicted octanol–water partition coefficient (Wildman–Crippen LogP) is 3.75. The Labute approximate surface area is 120 Å². The summed E-state index contributed by atoms with van der Waals surface area (Å²) in [4.78, 5) is 13.8. The Morgan fingerprint density at radius 1 is 1.41 bits per heavy atom. The molecule has 1 saturated heterocycles. The average molecular weight is 369 g/mol. The van der Waals surface area contributed by atoms with Gasteiger partial charge in [0.1, 0.15) is 5.60 Å². The van der Waals surface area contributed by atoms with Gasteiger partial charge in [-0.3, -0.25) is 0 Å². The molecule has 1 aliphatic carbocycles. The first-order valence-electron chi connectivity index (χ1n) is 5.94. The van der Waals surface area contributed by atoms with Crippen molar-refractivity contribution >= 4 is 38.0 Å². The van der Waals surface area contributed by atoms with Crippen LogP contribution in [0.1, 0.15) is 34.1 Å². The second-order valence-corrected chi connectivity index (χ2v) is 9.84. The summed E-state index contributed by atoms with van der Waals surface area (Å²) in [6.07, 6.45) is 0.815. The third kappa shape index (κ3) is 2.25. The zero-order valence-corrected chi connectivity index (χ0v) is 13.9. The zero-order chi connectivity index (χ0) is 13.1. The van der Waals surface area contributed by atoms with Gasteiger partial charge in [0.05, 0.1) is 3.23 Å². The molecule has 0 bridgehead atoms. The number of rotatable bonds is 0. The summed E-state index contributed by atoms with van der Waals surface area (Å²) in [6, 6.07) is 0. The number of hydrogen-bond donors (Lipinski definition) is 0. The Morgan fingerprint density at radius 3 is 2.47 bits per heavy atom. The SMILES string of the molecule is CC(C)(C)OC(=O)N1CC[C@@]2(C)[C@@H](C1)C2(Br)Br. The van der Waals surface area contributed by atoms with Gasteiger partial charge in [-0.15, -0.1) is 0 Å². The van der Waals surface area contributed by atoms with E-state index < -0.39 is 5.60 Å². The van der Waals surface area contributed by atoms with Gasteiger partial charge in [-0.25, -0.2) is 4.79 Å². The molecule has 0 unspecified atom stereocenters. The number of likely N-dealkylation sites (tertiary alicyclic amines) is 1. The molecule has 1 saturated carbocycles. The maximum Gasteiger partial charge on any atom is 0.410 e.